The second-order valence-corrected chi connectivity index (χ2v) is 6.65. The molecule has 2 aromatic carbocycles. The number of nitrogens with two attached hydrogens (primary N) is 2. The monoisotopic (exact) mass is 357 g/mol. The number of nitrogens with zero attached hydrogens (tertiary/aromatic N) is 3. The van der Waals surface area contributed by atoms with Crippen LogP contribution in [0.1, 0.15) is 19.4 Å². The van der Waals surface area contributed by atoms with E-state index in [-0.39, 0.29) is 11.9 Å². The van der Waals surface area contributed by atoms with E-state index in [1.54, 1.807) is 0 Å². The minimum Gasteiger partial charge on any atom is -0.368 e. The number of guanidine groups is 2. The van der Waals surface area contributed by atoms with Crippen molar-refractivity contribution >= 4 is 23.5 Å². The van der Waals surface area contributed by atoms with Crippen molar-refractivity contribution in [3.05, 3.63) is 59.1 Å². The van der Waals surface area contributed by atoms with Crippen molar-refractivity contribution in [3.63, 3.8) is 0 Å². The molecule has 0 unspecified atom stereocenters. The van der Waals surface area contributed by atoms with Gasteiger partial charge in [-0.25, -0.2) is 4.99 Å². The highest BCUT2D eigenvalue weighted by atomic mass is 35.5. The molecule has 130 valence electrons. The number of rotatable bonds is 4. The summed E-state index contributed by atoms with van der Waals surface area (Å²) in [5.41, 5.74) is 14.0. The van der Waals surface area contributed by atoms with Gasteiger partial charge in [0.15, 0.2) is 5.66 Å². The third-order valence-corrected chi connectivity index (χ3v) is 4.00. The maximum absolute atomic E-state index is 6.08. The number of benzene rings is 2. The van der Waals surface area contributed by atoms with Crippen LogP contribution in [-0.2, 0) is 11.4 Å². The molecule has 3 rings (SSSR count). The van der Waals surface area contributed by atoms with Crippen molar-refractivity contribution in [1.29, 1.82) is 0 Å². The van der Waals surface area contributed by atoms with Gasteiger partial charge >= 0.3 is 0 Å². The smallest absolute Gasteiger partial charge is 0.226 e. The van der Waals surface area contributed by atoms with Crippen LogP contribution in [0.15, 0.2) is 58.5 Å². The molecule has 1 heterocycles. The number of aliphatic imine (C=N–C) groups is 2. The number of hydrogen-bond acceptors (Lipinski definition) is 6. The lowest BCUT2D eigenvalue weighted by molar-refractivity contribution is -0.166. The molecule has 1 aliphatic heterocycles. The van der Waals surface area contributed by atoms with E-state index in [9.17, 15) is 0 Å². The van der Waals surface area contributed by atoms with Crippen molar-refractivity contribution < 1.29 is 4.84 Å². The van der Waals surface area contributed by atoms with Gasteiger partial charge in [-0.15, -0.1) is 0 Å². The topological polar surface area (TPSA) is 89.2 Å². The van der Waals surface area contributed by atoms with Crippen LogP contribution < -0.4 is 11.5 Å². The van der Waals surface area contributed by atoms with Crippen molar-refractivity contribution in [2.24, 2.45) is 21.5 Å². The molecule has 2 aromatic rings. The molecular formula is C18H20ClN5O. The maximum atomic E-state index is 6.08. The summed E-state index contributed by atoms with van der Waals surface area (Å²) in [5, 5.41) is 2.17. The van der Waals surface area contributed by atoms with Crippen LogP contribution in [0.5, 0.6) is 0 Å². The molecule has 25 heavy (non-hydrogen) atoms. The largest absolute Gasteiger partial charge is 0.368 e. The zero-order valence-corrected chi connectivity index (χ0v) is 14.9. The van der Waals surface area contributed by atoms with Crippen LogP contribution in [0, 0.1) is 0 Å². The molecule has 4 N–H and O–H groups in total. The molecule has 0 atom stereocenters. The number of halogens is 1. The molecule has 0 radical (unpaired) electrons. The Balaban J connectivity index is 1.76. The summed E-state index contributed by atoms with van der Waals surface area (Å²) in [4.78, 5) is 14.1. The van der Waals surface area contributed by atoms with Gasteiger partial charge in [-0.05, 0) is 48.7 Å². The molecule has 0 fully saturated rings. The summed E-state index contributed by atoms with van der Waals surface area (Å²) >= 11 is 6.08. The molecule has 0 bridgehead atoms. The van der Waals surface area contributed by atoms with Crippen molar-refractivity contribution in [2.75, 3.05) is 0 Å². The highest BCUT2D eigenvalue weighted by Gasteiger charge is 2.33. The SMILES string of the molecule is CC1(C)N=C(N)N=C(N)N1OCc1cccc(-c2cccc(Cl)c2)c1. The lowest BCUT2D eigenvalue weighted by Gasteiger charge is -2.36. The first kappa shape index (κ1) is 17.3. The van der Waals surface area contributed by atoms with Crippen LogP contribution in [0.4, 0.5) is 0 Å². The summed E-state index contributed by atoms with van der Waals surface area (Å²) in [7, 11) is 0. The van der Waals surface area contributed by atoms with E-state index in [1.165, 1.54) is 5.06 Å². The number of hydrogen-bond donors (Lipinski definition) is 2. The Kier molecular flexibility index (Phi) is 4.65. The number of hydroxylamine groups is 2. The lowest BCUT2D eigenvalue weighted by atomic mass is 10.0. The second kappa shape index (κ2) is 6.74. The predicted molar refractivity (Wildman–Crippen MR) is 101 cm³/mol. The van der Waals surface area contributed by atoms with Crippen molar-refractivity contribution in [1.82, 2.24) is 5.06 Å². The van der Waals surface area contributed by atoms with E-state index >= 15 is 0 Å². The Morgan fingerprint density at radius 1 is 1.08 bits per heavy atom. The van der Waals surface area contributed by atoms with Gasteiger partial charge in [0.2, 0.25) is 11.9 Å². The third-order valence-electron chi connectivity index (χ3n) is 3.77. The first-order valence-corrected chi connectivity index (χ1v) is 8.20. The summed E-state index contributed by atoms with van der Waals surface area (Å²) < 4.78 is 0. The summed E-state index contributed by atoms with van der Waals surface area (Å²) in [6, 6.07) is 15.8. The predicted octanol–water partition coefficient (Wildman–Crippen LogP) is 3.12. The Morgan fingerprint density at radius 2 is 1.76 bits per heavy atom. The van der Waals surface area contributed by atoms with E-state index in [0.717, 1.165) is 16.7 Å². The van der Waals surface area contributed by atoms with Crippen LogP contribution in [-0.4, -0.2) is 22.6 Å². The second-order valence-electron chi connectivity index (χ2n) is 6.21. The third kappa shape index (κ3) is 3.92. The normalized spacial score (nSPS) is 16.4. The zero-order valence-electron chi connectivity index (χ0n) is 14.1. The molecule has 6 nitrogen and oxygen atoms in total. The zero-order chi connectivity index (χ0) is 18.0. The first-order valence-electron chi connectivity index (χ1n) is 7.83. The van der Waals surface area contributed by atoms with Crippen LogP contribution in [0.2, 0.25) is 5.02 Å². The van der Waals surface area contributed by atoms with E-state index in [2.05, 4.69) is 9.98 Å². The van der Waals surface area contributed by atoms with Gasteiger partial charge in [0.1, 0.15) is 6.61 Å². The fraction of sp³-hybridized carbons (Fsp3) is 0.222. The van der Waals surface area contributed by atoms with Gasteiger partial charge in [-0.1, -0.05) is 41.9 Å². The average molecular weight is 358 g/mol. The average Bonchev–Trinajstić information content (AvgIpc) is 2.53. The summed E-state index contributed by atoms with van der Waals surface area (Å²) in [6.07, 6.45) is 0. The minimum atomic E-state index is -0.722. The van der Waals surface area contributed by atoms with Gasteiger partial charge < -0.3 is 11.5 Å². The van der Waals surface area contributed by atoms with Crippen LogP contribution >= 0.6 is 11.6 Å². The Labute approximate surface area is 151 Å². The highest BCUT2D eigenvalue weighted by molar-refractivity contribution is 6.30. The maximum Gasteiger partial charge on any atom is 0.226 e. The lowest BCUT2D eigenvalue weighted by Crippen LogP contribution is -2.53. The minimum absolute atomic E-state index is 0.144. The molecular weight excluding hydrogens is 338 g/mol. The Morgan fingerprint density at radius 3 is 2.44 bits per heavy atom. The molecule has 0 saturated heterocycles. The molecule has 0 spiro atoms. The van der Waals surface area contributed by atoms with Crippen molar-refractivity contribution in [2.45, 2.75) is 26.1 Å². The fourth-order valence-corrected chi connectivity index (χ4v) is 2.86. The van der Waals surface area contributed by atoms with E-state index < -0.39 is 5.66 Å². The molecule has 1 aliphatic rings. The van der Waals surface area contributed by atoms with Crippen LogP contribution in [0.3, 0.4) is 0 Å². The van der Waals surface area contributed by atoms with E-state index in [1.807, 2.05) is 62.4 Å². The standard InChI is InChI=1S/C18H20ClN5O/c1-18(2)23-16(20)22-17(21)24(18)25-11-12-5-3-6-13(9-12)14-7-4-8-15(19)10-14/h3-10H,11H2,1-2H3,(H4,20,21,22,23). The molecule has 0 aliphatic carbocycles. The Bertz CT molecular complexity index is 847. The fourth-order valence-electron chi connectivity index (χ4n) is 2.67. The van der Waals surface area contributed by atoms with Gasteiger partial charge in [-0.3, -0.25) is 4.84 Å². The van der Waals surface area contributed by atoms with Gasteiger partial charge in [-0.2, -0.15) is 10.1 Å². The van der Waals surface area contributed by atoms with E-state index in [0.29, 0.717) is 11.6 Å². The summed E-state index contributed by atoms with van der Waals surface area (Å²) in [6.45, 7) is 4.02. The van der Waals surface area contributed by atoms with Crippen molar-refractivity contribution in [3.8, 4) is 11.1 Å². The first-order chi connectivity index (χ1) is 11.8. The van der Waals surface area contributed by atoms with E-state index in [4.69, 9.17) is 27.9 Å². The molecule has 0 aromatic heterocycles. The quantitative estimate of drug-likeness (QED) is 0.879. The van der Waals surface area contributed by atoms with Gasteiger partial charge in [0.25, 0.3) is 0 Å². The molecule has 0 saturated carbocycles. The van der Waals surface area contributed by atoms with Crippen LogP contribution in [0.25, 0.3) is 11.1 Å². The molecule has 7 heteroatoms. The molecule has 0 amide bonds. The van der Waals surface area contributed by atoms with Gasteiger partial charge in [0, 0.05) is 5.02 Å². The highest BCUT2D eigenvalue weighted by Crippen LogP contribution is 2.25. The summed E-state index contributed by atoms with van der Waals surface area (Å²) in [5.74, 6) is 0.328. The Hall–Kier alpha value is -2.57. The van der Waals surface area contributed by atoms with Gasteiger partial charge in [0.05, 0.1) is 0 Å².